The number of ketones is 1. The molecule has 0 aliphatic carbocycles. The first-order valence-corrected chi connectivity index (χ1v) is 7.90. The van der Waals surface area contributed by atoms with E-state index in [0.717, 1.165) is 12.0 Å². The summed E-state index contributed by atoms with van der Waals surface area (Å²) in [6.07, 6.45) is 2.33. The van der Waals surface area contributed by atoms with Crippen LogP contribution in [0, 0.1) is 5.92 Å². The Morgan fingerprint density at radius 2 is 1.87 bits per heavy atom. The second-order valence-electron chi connectivity index (χ2n) is 6.72. The minimum Gasteiger partial charge on any atom is -0.444 e. The predicted molar refractivity (Wildman–Crippen MR) is 92.3 cm³/mol. The number of Topliss-reactive ketones (excluding diaryl/α,β-unsaturated/α-hetero) is 1. The van der Waals surface area contributed by atoms with E-state index in [-0.39, 0.29) is 11.7 Å². The molecule has 0 saturated carbocycles. The maximum Gasteiger partial charge on any atom is 0.408 e. The van der Waals surface area contributed by atoms with E-state index in [1.165, 1.54) is 0 Å². The first kappa shape index (κ1) is 18.9. The van der Waals surface area contributed by atoms with Crippen LogP contribution in [0.3, 0.4) is 0 Å². The van der Waals surface area contributed by atoms with Crippen molar-refractivity contribution in [1.29, 1.82) is 0 Å². The largest absolute Gasteiger partial charge is 0.444 e. The van der Waals surface area contributed by atoms with Gasteiger partial charge in [0.15, 0.2) is 5.78 Å². The van der Waals surface area contributed by atoms with Crippen molar-refractivity contribution >= 4 is 11.9 Å². The Labute approximate surface area is 138 Å². The number of hydrogen-bond acceptors (Lipinski definition) is 3. The minimum atomic E-state index is -0.580. The van der Waals surface area contributed by atoms with Gasteiger partial charge in [-0.1, -0.05) is 36.4 Å². The van der Waals surface area contributed by atoms with Crippen molar-refractivity contribution in [2.45, 2.75) is 52.2 Å². The summed E-state index contributed by atoms with van der Waals surface area (Å²) < 4.78 is 5.16. The van der Waals surface area contributed by atoms with Crippen LogP contribution in [-0.4, -0.2) is 23.5 Å². The van der Waals surface area contributed by atoms with Gasteiger partial charge in [-0.2, -0.15) is 0 Å². The molecule has 2 unspecified atom stereocenters. The van der Waals surface area contributed by atoms with Gasteiger partial charge in [-0.05, 0) is 45.6 Å². The van der Waals surface area contributed by atoms with Crippen LogP contribution in [0.25, 0.3) is 0 Å². The van der Waals surface area contributed by atoms with Gasteiger partial charge in [-0.25, -0.2) is 4.79 Å². The third-order valence-corrected chi connectivity index (χ3v) is 3.35. The van der Waals surface area contributed by atoms with Gasteiger partial charge in [-0.3, -0.25) is 4.79 Å². The fourth-order valence-corrected chi connectivity index (χ4v) is 2.16. The van der Waals surface area contributed by atoms with Crippen molar-refractivity contribution in [2.75, 3.05) is 0 Å². The van der Waals surface area contributed by atoms with Gasteiger partial charge < -0.3 is 10.1 Å². The fraction of sp³-hybridized carbons (Fsp3) is 0.474. The Bertz CT molecular complexity index is 531. The molecule has 4 nitrogen and oxygen atoms in total. The zero-order valence-corrected chi connectivity index (χ0v) is 14.5. The molecule has 0 saturated heterocycles. The van der Waals surface area contributed by atoms with Crippen LogP contribution in [0.5, 0.6) is 0 Å². The van der Waals surface area contributed by atoms with Gasteiger partial charge in [0.2, 0.25) is 0 Å². The molecule has 0 aliphatic heterocycles. The van der Waals surface area contributed by atoms with Crippen molar-refractivity contribution in [3.63, 3.8) is 0 Å². The van der Waals surface area contributed by atoms with Crippen LogP contribution in [0.4, 0.5) is 4.79 Å². The molecule has 2 atom stereocenters. The highest BCUT2D eigenvalue weighted by Crippen LogP contribution is 2.15. The molecule has 0 spiro atoms. The lowest BCUT2D eigenvalue weighted by Gasteiger charge is -2.22. The lowest BCUT2D eigenvalue weighted by Crippen LogP contribution is -2.42. The average molecular weight is 317 g/mol. The maximum absolute atomic E-state index is 12.3. The highest BCUT2D eigenvalue weighted by molar-refractivity contribution is 5.87. The van der Waals surface area contributed by atoms with E-state index in [4.69, 9.17) is 4.74 Å². The molecule has 1 N–H and O–H groups in total. The van der Waals surface area contributed by atoms with Gasteiger partial charge in [0.25, 0.3) is 0 Å². The van der Waals surface area contributed by atoms with E-state index in [9.17, 15) is 9.59 Å². The Balaban J connectivity index is 2.52. The standard InChI is InChI=1S/C19H27NO3/c1-6-15(12-16-10-8-7-9-11-16)13-17(21)14(2)20-18(22)23-19(3,4)5/h6-11,14-15H,1,12-13H2,2-5H3,(H,20,22). The normalized spacial score (nSPS) is 13.7. The molecule has 0 fully saturated rings. The van der Waals surface area contributed by atoms with Gasteiger partial charge in [0, 0.05) is 6.42 Å². The molecule has 1 aromatic carbocycles. The average Bonchev–Trinajstić information content (AvgIpc) is 2.45. The predicted octanol–water partition coefficient (Wildman–Crippen LogP) is 3.90. The van der Waals surface area contributed by atoms with Gasteiger partial charge in [0.1, 0.15) is 5.60 Å². The fourth-order valence-electron chi connectivity index (χ4n) is 2.16. The molecule has 23 heavy (non-hydrogen) atoms. The second kappa shape index (κ2) is 8.51. The number of allylic oxidation sites excluding steroid dienone is 1. The Morgan fingerprint density at radius 1 is 1.26 bits per heavy atom. The molecule has 0 bridgehead atoms. The Hall–Kier alpha value is -2.10. The SMILES string of the molecule is C=CC(CC(=O)C(C)NC(=O)OC(C)(C)C)Cc1ccccc1. The van der Waals surface area contributed by atoms with E-state index >= 15 is 0 Å². The number of benzene rings is 1. The van der Waals surface area contributed by atoms with Crippen LogP contribution in [0.1, 0.15) is 39.7 Å². The molecule has 1 rings (SSSR count). The van der Waals surface area contributed by atoms with Gasteiger partial charge >= 0.3 is 6.09 Å². The highest BCUT2D eigenvalue weighted by atomic mass is 16.6. The number of hydrogen-bond donors (Lipinski definition) is 1. The summed E-state index contributed by atoms with van der Waals surface area (Å²) >= 11 is 0. The quantitative estimate of drug-likeness (QED) is 0.776. The van der Waals surface area contributed by atoms with E-state index in [0.29, 0.717) is 6.42 Å². The molecular formula is C19H27NO3. The Morgan fingerprint density at radius 3 is 2.39 bits per heavy atom. The number of carbonyl (C=O) groups is 2. The van der Waals surface area contributed by atoms with Gasteiger partial charge in [0.05, 0.1) is 6.04 Å². The molecule has 0 aromatic heterocycles. The summed E-state index contributed by atoms with van der Waals surface area (Å²) in [4.78, 5) is 24.0. The zero-order valence-electron chi connectivity index (χ0n) is 14.5. The molecule has 0 aliphatic rings. The third kappa shape index (κ3) is 7.63. The number of alkyl carbamates (subject to hydrolysis) is 1. The molecule has 4 heteroatoms. The molecule has 1 amide bonds. The first-order valence-electron chi connectivity index (χ1n) is 7.90. The van der Waals surface area contributed by atoms with Crippen LogP contribution in [0.15, 0.2) is 43.0 Å². The summed E-state index contributed by atoms with van der Waals surface area (Å²) in [5.41, 5.74) is 0.585. The molecule has 0 heterocycles. The first-order chi connectivity index (χ1) is 10.7. The van der Waals surface area contributed by atoms with Crippen LogP contribution in [0.2, 0.25) is 0 Å². The van der Waals surface area contributed by atoms with Crippen LogP contribution in [-0.2, 0) is 16.0 Å². The third-order valence-electron chi connectivity index (χ3n) is 3.35. The van der Waals surface area contributed by atoms with E-state index < -0.39 is 17.7 Å². The van der Waals surface area contributed by atoms with E-state index in [1.807, 2.05) is 30.3 Å². The van der Waals surface area contributed by atoms with E-state index in [1.54, 1.807) is 33.8 Å². The topological polar surface area (TPSA) is 55.4 Å². The lowest BCUT2D eigenvalue weighted by atomic mass is 9.92. The molecule has 1 aromatic rings. The second-order valence-corrected chi connectivity index (χ2v) is 6.72. The number of amides is 1. The van der Waals surface area contributed by atoms with Crippen molar-refractivity contribution < 1.29 is 14.3 Å². The Kier molecular flexibility index (Phi) is 7.01. The lowest BCUT2D eigenvalue weighted by molar-refractivity contribution is -0.121. The zero-order chi connectivity index (χ0) is 17.5. The molecule has 0 radical (unpaired) electrons. The highest BCUT2D eigenvalue weighted by Gasteiger charge is 2.22. The summed E-state index contributed by atoms with van der Waals surface area (Å²) in [6.45, 7) is 10.8. The summed E-state index contributed by atoms with van der Waals surface area (Å²) in [6, 6.07) is 9.40. The van der Waals surface area contributed by atoms with E-state index in [2.05, 4.69) is 11.9 Å². The van der Waals surface area contributed by atoms with Crippen molar-refractivity contribution in [3.05, 3.63) is 48.6 Å². The summed E-state index contributed by atoms with van der Waals surface area (Å²) in [5, 5.41) is 2.58. The molecule has 126 valence electrons. The van der Waals surface area contributed by atoms with Crippen LogP contribution >= 0.6 is 0 Å². The van der Waals surface area contributed by atoms with Crippen molar-refractivity contribution in [1.82, 2.24) is 5.32 Å². The van der Waals surface area contributed by atoms with Crippen molar-refractivity contribution in [3.8, 4) is 0 Å². The summed E-state index contributed by atoms with van der Waals surface area (Å²) in [5.74, 6) is 0.0180. The molecular weight excluding hydrogens is 290 g/mol. The maximum atomic E-state index is 12.3. The number of rotatable bonds is 7. The minimum absolute atomic E-state index is 0.0308. The van der Waals surface area contributed by atoms with Crippen molar-refractivity contribution in [2.24, 2.45) is 5.92 Å². The monoisotopic (exact) mass is 317 g/mol. The van der Waals surface area contributed by atoms with Gasteiger partial charge in [-0.15, -0.1) is 6.58 Å². The van der Waals surface area contributed by atoms with Crippen LogP contribution < -0.4 is 5.32 Å². The number of ether oxygens (including phenoxy) is 1. The number of nitrogens with one attached hydrogen (secondary N) is 1. The summed E-state index contributed by atoms with van der Waals surface area (Å²) in [7, 11) is 0. The smallest absolute Gasteiger partial charge is 0.408 e. The number of carbonyl (C=O) groups excluding carboxylic acids is 2.